The molecule has 0 radical (unpaired) electrons. The predicted molar refractivity (Wildman–Crippen MR) is 89.0 cm³/mol. The molecule has 120 valence electrons. The van der Waals surface area contributed by atoms with E-state index < -0.39 is 0 Å². The van der Waals surface area contributed by atoms with Gasteiger partial charge in [0.1, 0.15) is 0 Å². The molecule has 0 aromatic heterocycles. The summed E-state index contributed by atoms with van der Waals surface area (Å²) in [6.45, 7) is 4.65. The van der Waals surface area contributed by atoms with Crippen molar-refractivity contribution in [3.8, 4) is 0 Å². The summed E-state index contributed by atoms with van der Waals surface area (Å²) in [6, 6.07) is 11.6. The van der Waals surface area contributed by atoms with E-state index in [0.29, 0.717) is 18.0 Å². The molecule has 4 nitrogen and oxygen atoms in total. The van der Waals surface area contributed by atoms with Crippen molar-refractivity contribution in [1.82, 2.24) is 15.5 Å². The second-order valence-corrected chi connectivity index (χ2v) is 6.71. The summed E-state index contributed by atoms with van der Waals surface area (Å²) in [6.07, 6.45) is 4.53. The number of hydrogen-bond acceptors (Lipinski definition) is 2. The van der Waals surface area contributed by atoms with Crippen molar-refractivity contribution in [3.63, 3.8) is 0 Å². The highest BCUT2D eigenvalue weighted by atomic mass is 16.2. The summed E-state index contributed by atoms with van der Waals surface area (Å²) in [7, 11) is 0. The largest absolute Gasteiger partial charge is 0.335 e. The highest BCUT2D eigenvalue weighted by molar-refractivity contribution is 5.74. The number of benzene rings is 1. The normalized spacial score (nSPS) is 29.1. The van der Waals surface area contributed by atoms with Crippen molar-refractivity contribution in [2.45, 2.75) is 50.6 Å². The van der Waals surface area contributed by atoms with Gasteiger partial charge in [0.2, 0.25) is 0 Å². The lowest BCUT2D eigenvalue weighted by Gasteiger charge is -2.35. The molecule has 0 spiro atoms. The molecule has 1 aliphatic heterocycles. The molecule has 2 aliphatic rings. The third-order valence-electron chi connectivity index (χ3n) is 4.98. The average molecular weight is 301 g/mol. The van der Waals surface area contributed by atoms with E-state index in [9.17, 15) is 4.79 Å². The number of urea groups is 1. The molecule has 2 fully saturated rings. The molecule has 1 heterocycles. The third-order valence-corrected chi connectivity index (χ3v) is 4.98. The minimum atomic E-state index is 0.122. The zero-order chi connectivity index (χ0) is 15.4. The van der Waals surface area contributed by atoms with Crippen molar-refractivity contribution in [1.29, 1.82) is 0 Å². The van der Waals surface area contributed by atoms with Gasteiger partial charge in [-0.2, -0.15) is 0 Å². The molecule has 2 N–H and O–H groups in total. The summed E-state index contributed by atoms with van der Waals surface area (Å²) < 4.78 is 0. The molecule has 1 saturated heterocycles. The maximum absolute atomic E-state index is 12.4. The fourth-order valence-corrected chi connectivity index (χ4v) is 3.68. The Kier molecular flexibility index (Phi) is 4.98. The molecule has 4 heteroatoms. The molecule has 1 saturated carbocycles. The van der Waals surface area contributed by atoms with Gasteiger partial charge >= 0.3 is 6.03 Å². The highest BCUT2D eigenvalue weighted by Crippen LogP contribution is 2.32. The lowest BCUT2D eigenvalue weighted by Crippen LogP contribution is -2.55. The number of hydrogen-bond donors (Lipinski definition) is 2. The van der Waals surface area contributed by atoms with Crippen molar-refractivity contribution < 1.29 is 4.79 Å². The van der Waals surface area contributed by atoms with E-state index in [0.717, 1.165) is 32.5 Å². The van der Waals surface area contributed by atoms with Crippen LogP contribution in [-0.4, -0.2) is 42.6 Å². The van der Waals surface area contributed by atoms with Crippen molar-refractivity contribution >= 4 is 6.03 Å². The van der Waals surface area contributed by atoms with Gasteiger partial charge in [-0.3, -0.25) is 0 Å². The van der Waals surface area contributed by atoms with Gasteiger partial charge in [0.25, 0.3) is 0 Å². The monoisotopic (exact) mass is 301 g/mol. The van der Waals surface area contributed by atoms with Crippen LogP contribution in [0.25, 0.3) is 0 Å². The number of nitrogens with zero attached hydrogens (tertiary/aromatic N) is 1. The van der Waals surface area contributed by atoms with E-state index in [1.807, 2.05) is 4.90 Å². The standard InChI is InChI=1S/C18H27N3O/c1-14-13-21(12-11-19-14)18(22)20-17-9-7-16(8-10-17)15-5-3-2-4-6-15/h2-6,14,16-17,19H,7-13H2,1H3,(H,20,22)/t14-,16?,17?/m1/s1. The molecule has 2 amide bonds. The number of carbonyl (C=O) groups is 1. The summed E-state index contributed by atoms with van der Waals surface area (Å²) in [5.74, 6) is 0.661. The Morgan fingerprint density at radius 1 is 1.18 bits per heavy atom. The molecule has 1 aromatic rings. The quantitative estimate of drug-likeness (QED) is 0.882. The van der Waals surface area contributed by atoms with Crippen LogP contribution in [0.2, 0.25) is 0 Å². The molecule has 0 unspecified atom stereocenters. The van der Waals surface area contributed by atoms with Gasteiger partial charge in [-0.05, 0) is 44.1 Å². The lowest BCUT2D eigenvalue weighted by atomic mass is 9.82. The molecular weight excluding hydrogens is 274 g/mol. The summed E-state index contributed by atoms with van der Waals surface area (Å²) >= 11 is 0. The molecule has 0 bridgehead atoms. The fourth-order valence-electron chi connectivity index (χ4n) is 3.68. The van der Waals surface area contributed by atoms with Crippen LogP contribution in [0.3, 0.4) is 0 Å². The smallest absolute Gasteiger partial charge is 0.317 e. The van der Waals surface area contributed by atoms with Crippen LogP contribution in [0.15, 0.2) is 30.3 Å². The fraction of sp³-hybridized carbons (Fsp3) is 0.611. The molecule has 3 rings (SSSR count). The zero-order valence-corrected chi connectivity index (χ0v) is 13.4. The number of nitrogens with one attached hydrogen (secondary N) is 2. The first kappa shape index (κ1) is 15.3. The third kappa shape index (κ3) is 3.80. The Bertz CT molecular complexity index is 482. The van der Waals surface area contributed by atoms with Crippen LogP contribution in [0.5, 0.6) is 0 Å². The van der Waals surface area contributed by atoms with Gasteiger partial charge in [0.15, 0.2) is 0 Å². The predicted octanol–water partition coefficient (Wildman–Crippen LogP) is 2.72. The van der Waals surface area contributed by atoms with Gasteiger partial charge in [0, 0.05) is 31.7 Å². The second kappa shape index (κ2) is 7.14. The minimum Gasteiger partial charge on any atom is -0.335 e. The van der Waals surface area contributed by atoms with Crippen molar-refractivity contribution in [3.05, 3.63) is 35.9 Å². The van der Waals surface area contributed by atoms with Crippen LogP contribution in [0, 0.1) is 0 Å². The van der Waals surface area contributed by atoms with Gasteiger partial charge in [-0.1, -0.05) is 30.3 Å². The van der Waals surface area contributed by atoms with Crippen LogP contribution in [0.1, 0.15) is 44.1 Å². The highest BCUT2D eigenvalue weighted by Gasteiger charge is 2.26. The molecule has 1 aliphatic carbocycles. The minimum absolute atomic E-state index is 0.122. The van der Waals surface area contributed by atoms with Crippen LogP contribution in [0.4, 0.5) is 4.79 Å². The Morgan fingerprint density at radius 2 is 1.91 bits per heavy atom. The SMILES string of the molecule is C[C@@H]1CN(C(=O)NC2CCC(c3ccccc3)CC2)CCN1. The molecular formula is C18H27N3O. The zero-order valence-electron chi connectivity index (χ0n) is 13.4. The Morgan fingerprint density at radius 3 is 2.59 bits per heavy atom. The van der Waals surface area contributed by atoms with Gasteiger partial charge < -0.3 is 15.5 Å². The number of carbonyl (C=O) groups excluding carboxylic acids is 1. The van der Waals surface area contributed by atoms with E-state index >= 15 is 0 Å². The first-order valence-electron chi connectivity index (χ1n) is 8.56. The molecule has 22 heavy (non-hydrogen) atoms. The summed E-state index contributed by atoms with van der Waals surface area (Å²) in [4.78, 5) is 14.3. The number of amides is 2. The maximum atomic E-state index is 12.4. The number of piperazine rings is 1. The van der Waals surface area contributed by atoms with Gasteiger partial charge in [-0.25, -0.2) is 4.79 Å². The lowest BCUT2D eigenvalue weighted by molar-refractivity contribution is 0.172. The topological polar surface area (TPSA) is 44.4 Å². The molecule has 1 aromatic carbocycles. The Hall–Kier alpha value is -1.55. The summed E-state index contributed by atoms with van der Waals surface area (Å²) in [5, 5.41) is 6.61. The van der Waals surface area contributed by atoms with E-state index in [1.165, 1.54) is 18.4 Å². The summed E-state index contributed by atoms with van der Waals surface area (Å²) in [5.41, 5.74) is 1.45. The second-order valence-electron chi connectivity index (χ2n) is 6.71. The maximum Gasteiger partial charge on any atom is 0.317 e. The Balaban J connectivity index is 1.46. The van der Waals surface area contributed by atoms with Crippen molar-refractivity contribution in [2.24, 2.45) is 0 Å². The first-order valence-corrected chi connectivity index (χ1v) is 8.56. The van der Waals surface area contributed by atoms with Gasteiger partial charge in [-0.15, -0.1) is 0 Å². The van der Waals surface area contributed by atoms with E-state index in [1.54, 1.807) is 0 Å². The van der Waals surface area contributed by atoms with Crippen molar-refractivity contribution in [2.75, 3.05) is 19.6 Å². The van der Waals surface area contributed by atoms with Crippen LogP contribution < -0.4 is 10.6 Å². The number of rotatable bonds is 2. The van der Waals surface area contributed by atoms with E-state index in [4.69, 9.17) is 0 Å². The van der Waals surface area contributed by atoms with E-state index in [-0.39, 0.29) is 6.03 Å². The first-order chi connectivity index (χ1) is 10.7. The van der Waals surface area contributed by atoms with E-state index in [2.05, 4.69) is 47.9 Å². The average Bonchev–Trinajstić information content (AvgIpc) is 2.56. The molecule has 1 atom stereocenters. The van der Waals surface area contributed by atoms with Crippen LogP contribution in [-0.2, 0) is 0 Å². The van der Waals surface area contributed by atoms with Crippen LogP contribution >= 0.6 is 0 Å². The van der Waals surface area contributed by atoms with Gasteiger partial charge in [0.05, 0.1) is 0 Å². The Labute approximate surface area is 133 Å².